The fourth-order valence-corrected chi connectivity index (χ4v) is 3.42. The molecule has 3 amide bonds. The van der Waals surface area contributed by atoms with Crippen LogP contribution in [0.2, 0.25) is 0 Å². The van der Waals surface area contributed by atoms with Gasteiger partial charge in [-0.15, -0.1) is 0 Å². The number of likely N-dealkylation sites (tertiary alicyclic amines) is 1. The number of thiol groups is 1. The van der Waals surface area contributed by atoms with Gasteiger partial charge in [-0.3, -0.25) is 14.4 Å². The summed E-state index contributed by atoms with van der Waals surface area (Å²) in [5.74, 6) is -2.75. The predicted molar refractivity (Wildman–Crippen MR) is 112 cm³/mol. The second kappa shape index (κ2) is 11.4. The number of hydrogen-bond acceptors (Lipinski definition) is 6. The first kappa shape index (κ1) is 25.2. The number of carboxylic acids is 1. The highest BCUT2D eigenvalue weighted by molar-refractivity contribution is 7.80. The molecular formula is C19H34N4O5S. The lowest BCUT2D eigenvalue weighted by atomic mass is 9.96. The molecule has 1 saturated heterocycles. The molecule has 0 spiro atoms. The molecule has 0 aliphatic carbocycles. The number of nitrogens with one attached hydrogen (secondary N) is 2. The van der Waals surface area contributed by atoms with Gasteiger partial charge in [0.25, 0.3) is 0 Å². The van der Waals surface area contributed by atoms with Crippen LogP contribution < -0.4 is 16.4 Å². The van der Waals surface area contributed by atoms with E-state index in [4.69, 9.17) is 10.8 Å². The van der Waals surface area contributed by atoms with E-state index in [1.54, 1.807) is 0 Å². The van der Waals surface area contributed by atoms with Gasteiger partial charge in [0, 0.05) is 12.3 Å². The third kappa shape index (κ3) is 6.60. The van der Waals surface area contributed by atoms with Gasteiger partial charge in [-0.2, -0.15) is 12.6 Å². The topological polar surface area (TPSA) is 142 Å². The van der Waals surface area contributed by atoms with Gasteiger partial charge in [0.05, 0.1) is 6.04 Å². The Bertz CT molecular complexity index is 615. The highest BCUT2D eigenvalue weighted by Crippen LogP contribution is 2.22. The molecule has 5 N–H and O–H groups in total. The Morgan fingerprint density at radius 3 is 2.31 bits per heavy atom. The second-order valence-electron chi connectivity index (χ2n) is 7.91. The number of hydrogen-bond donors (Lipinski definition) is 5. The average Bonchev–Trinajstić information content (AvgIpc) is 3.17. The standard InChI is InChI=1S/C19H34N4O5S/c1-5-11(4)15(22-17(25)14(20)10(2)3)18(26)23-8-6-7-13(23)16(24)21-12(9-29)19(27)28/h10-15,29H,5-9,20H2,1-4H3,(H,21,24)(H,22,25)(H,27,28). The molecule has 1 heterocycles. The van der Waals surface area contributed by atoms with Gasteiger partial charge >= 0.3 is 5.97 Å². The molecule has 29 heavy (non-hydrogen) atoms. The highest BCUT2D eigenvalue weighted by Gasteiger charge is 2.40. The van der Waals surface area contributed by atoms with Crippen molar-refractivity contribution in [2.24, 2.45) is 17.6 Å². The molecule has 0 aromatic rings. The first-order chi connectivity index (χ1) is 13.5. The maximum absolute atomic E-state index is 13.2. The molecule has 9 nitrogen and oxygen atoms in total. The first-order valence-electron chi connectivity index (χ1n) is 10.1. The average molecular weight is 431 g/mol. The number of carboxylic acid groups (broad SMARTS) is 1. The van der Waals surface area contributed by atoms with Crippen LogP contribution in [0.1, 0.15) is 47.0 Å². The third-order valence-electron chi connectivity index (χ3n) is 5.43. The van der Waals surface area contributed by atoms with Crippen molar-refractivity contribution in [3.05, 3.63) is 0 Å². The van der Waals surface area contributed by atoms with Gasteiger partial charge in [-0.1, -0.05) is 34.1 Å². The van der Waals surface area contributed by atoms with E-state index in [-0.39, 0.29) is 23.5 Å². The molecule has 1 aliphatic heterocycles. The van der Waals surface area contributed by atoms with E-state index in [2.05, 4.69) is 23.3 Å². The smallest absolute Gasteiger partial charge is 0.327 e. The van der Waals surface area contributed by atoms with Crippen LogP contribution in [0.4, 0.5) is 0 Å². The van der Waals surface area contributed by atoms with Crippen LogP contribution in [0.25, 0.3) is 0 Å². The van der Waals surface area contributed by atoms with Gasteiger partial charge in [0.2, 0.25) is 17.7 Å². The fourth-order valence-electron chi connectivity index (χ4n) is 3.17. The third-order valence-corrected chi connectivity index (χ3v) is 5.80. The van der Waals surface area contributed by atoms with E-state index in [0.717, 1.165) is 0 Å². The minimum absolute atomic E-state index is 0.0552. The molecule has 5 unspecified atom stereocenters. The maximum atomic E-state index is 13.2. The summed E-state index contributed by atoms with van der Waals surface area (Å²) in [7, 11) is 0. The molecule has 1 fully saturated rings. The van der Waals surface area contributed by atoms with Crippen molar-refractivity contribution < 1.29 is 24.3 Å². The number of rotatable bonds is 10. The summed E-state index contributed by atoms with van der Waals surface area (Å²) < 4.78 is 0. The number of amides is 3. The van der Waals surface area contributed by atoms with Crippen molar-refractivity contribution in [3.8, 4) is 0 Å². The minimum Gasteiger partial charge on any atom is -0.480 e. The van der Waals surface area contributed by atoms with Crippen molar-refractivity contribution in [1.82, 2.24) is 15.5 Å². The molecule has 0 aromatic carbocycles. The molecule has 10 heteroatoms. The van der Waals surface area contributed by atoms with E-state index in [9.17, 15) is 19.2 Å². The summed E-state index contributed by atoms with van der Waals surface area (Å²) in [4.78, 5) is 50.9. The van der Waals surface area contributed by atoms with Crippen LogP contribution in [-0.2, 0) is 19.2 Å². The van der Waals surface area contributed by atoms with Crippen LogP contribution in [0.15, 0.2) is 0 Å². The van der Waals surface area contributed by atoms with Crippen LogP contribution >= 0.6 is 12.6 Å². The van der Waals surface area contributed by atoms with E-state index in [0.29, 0.717) is 25.8 Å². The summed E-state index contributed by atoms with van der Waals surface area (Å²) in [5.41, 5.74) is 5.91. The highest BCUT2D eigenvalue weighted by atomic mass is 32.1. The van der Waals surface area contributed by atoms with Crippen molar-refractivity contribution in [2.45, 2.75) is 71.1 Å². The molecule has 166 valence electrons. The van der Waals surface area contributed by atoms with E-state index >= 15 is 0 Å². The van der Waals surface area contributed by atoms with Crippen LogP contribution in [0, 0.1) is 11.8 Å². The van der Waals surface area contributed by atoms with Crippen LogP contribution in [-0.4, -0.2) is 70.2 Å². The first-order valence-corrected chi connectivity index (χ1v) is 10.7. The quantitative estimate of drug-likeness (QED) is 0.309. The zero-order valence-electron chi connectivity index (χ0n) is 17.6. The summed E-state index contributed by atoms with van der Waals surface area (Å²) in [5, 5.41) is 14.3. The summed E-state index contributed by atoms with van der Waals surface area (Å²) in [6.45, 7) is 7.79. The lowest BCUT2D eigenvalue weighted by Crippen LogP contribution is -2.59. The van der Waals surface area contributed by atoms with Crippen LogP contribution in [0.3, 0.4) is 0 Å². The Morgan fingerprint density at radius 1 is 1.21 bits per heavy atom. The van der Waals surface area contributed by atoms with Gasteiger partial charge in [-0.05, 0) is 24.7 Å². The lowest BCUT2D eigenvalue weighted by Gasteiger charge is -2.32. The van der Waals surface area contributed by atoms with Gasteiger partial charge in [-0.25, -0.2) is 4.79 Å². The Hall–Kier alpha value is -1.81. The number of carbonyl (C=O) groups excluding carboxylic acids is 3. The molecule has 5 atom stereocenters. The van der Waals surface area contributed by atoms with E-state index < -0.39 is 42.0 Å². The Labute approximate surface area is 177 Å². The lowest BCUT2D eigenvalue weighted by molar-refractivity contribution is -0.145. The Kier molecular flexibility index (Phi) is 9.91. The number of carbonyl (C=O) groups is 4. The zero-order valence-corrected chi connectivity index (χ0v) is 18.4. The van der Waals surface area contributed by atoms with E-state index in [1.807, 2.05) is 27.7 Å². The largest absolute Gasteiger partial charge is 0.480 e. The Morgan fingerprint density at radius 2 is 1.83 bits per heavy atom. The molecule has 0 saturated carbocycles. The summed E-state index contributed by atoms with van der Waals surface area (Å²) in [6, 6.07) is -3.44. The van der Waals surface area contributed by atoms with Crippen molar-refractivity contribution in [1.29, 1.82) is 0 Å². The van der Waals surface area contributed by atoms with E-state index in [1.165, 1.54) is 4.90 Å². The molecule has 1 aliphatic rings. The number of nitrogens with zero attached hydrogens (tertiary/aromatic N) is 1. The molecule has 0 bridgehead atoms. The second-order valence-corrected chi connectivity index (χ2v) is 8.28. The Balaban J connectivity index is 2.97. The minimum atomic E-state index is -1.18. The summed E-state index contributed by atoms with van der Waals surface area (Å²) >= 11 is 3.95. The van der Waals surface area contributed by atoms with Crippen molar-refractivity contribution in [2.75, 3.05) is 12.3 Å². The monoisotopic (exact) mass is 430 g/mol. The fraction of sp³-hybridized carbons (Fsp3) is 0.789. The molecular weight excluding hydrogens is 396 g/mol. The normalized spacial score (nSPS) is 20.7. The van der Waals surface area contributed by atoms with Crippen molar-refractivity contribution >= 4 is 36.3 Å². The van der Waals surface area contributed by atoms with Gasteiger partial charge in [0.1, 0.15) is 18.1 Å². The number of nitrogens with two attached hydrogens (primary N) is 1. The summed E-state index contributed by atoms with van der Waals surface area (Å²) in [6.07, 6.45) is 1.71. The molecule has 0 aromatic heterocycles. The zero-order chi connectivity index (χ0) is 22.3. The number of aliphatic carboxylic acids is 1. The van der Waals surface area contributed by atoms with Gasteiger partial charge in [0.15, 0.2) is 0 Å². The molecule has 0 radical (unpaired) electrons. The van der Waals surface area contributed by atoms with Gasteiger partial charge < -0.3 is 26.4 Å². The molecule has 1 rings (SSSR count). The van der Waals surface area contributed by atoms with Crippen molar-refractivity contribution in [3.63, 3.8) is 0 Å². The maximum Gasteiger partial charge on any atom is 0.327 e. The SMILES string of the molecule is CCC(C)C(NC(=O)C(N)C(C)C)C(=O)N1CCCC1C(=O)NC(CS)C(=O)O. The predicted octanol–water partition coefficient (Wildman–Crippen LogP) is -0.00920. The van der Waals surface area contributed by atoms with Crippen LogP contribution in [0.5, 0.6) is 0 Å².